The number of para-hydroxylation sites is 2. The summed E-state index contributed by atoms with van der Waals surface area (Å²) in [6.07, 6.45) is 0. The number of methoxy groups -OCH3 is 1. The molecule has 3 aromatic rings. The number of hydrazone groups is 1. The summed E-state index contributed by atoms with van der Waals surface area (Å²) in [6.45, 7) is 0. The van der Waals surface area contributed by atoms with Crippen molar-refractivity contribution in [2.75, 3.05) is 12.5 Å². The highest BCUT2D eigenvalue weighted by Crippen LogP contribution is 2.25. The predicted molar refractivity (Wildman–Crippen MR) is 101 cm³/mol. The fourth-order valence-electron chi connectivity index (χ4n) is 2.11. The third-order valence-electron chi connectivity index (χ3n) is 3.35. The molecule has 124 valence electrons. The minimum atomic E-state index is 0.205. The lowest BCUT2D eigenvalue weighted by molar-refractivity contribution is 0.416. The van der Waals surface area contributed by atoms with E-state index in [4.69, 9.17) is 16.3 Å². The van der Waals surface area contributed by atoms with Crippen LogP contribution in [0.25, 0.3) is 11.3 Å². The quantitative estimate of drug-likeness (QED) is 0.518. The number of anilines is 1. The summed E-state index contributed by atoms with van der Waals surface area (Å²) in [7, 11) is 1.58. The molecule has 7 heteroatoms. The number of ether oxygens (including phenoxy) is 1. The zero-order chi connectivity index (χ0) is 17.6. The van der Waals surface area contributed by atoms with Crippen molar-refractivity contribution in [3.63, 3.8) is 0 Å². The maximum atomic E-state index is 9.40. The normalized spacial score (nSPS) is 11.0. The van der Waals surface area contributed by atoms with Gasteiger partial charge in [-0.15, -0.1) is 11.3 Å². The molecule has 0 amide bonds. The van der Waals surface area contributed by atoms with Gasteiger partial charge in [0.05, 0.1) is 18.5 Å². The minimum absolute atomic E-state index is 0.205. The number of benzene rings is 2. The molecule has 1 N–H and O–H groups in total. The van der Waals surface area contributed by atoms with Crippen LogP contribution in [-0.4, -0.2) is 17.8 Å². The summed E-state index contributed by atoms with van der Waals surface area (Å²) in [5.74, 6) is 0.643. The van der Waals surface area contributed by atoms with Crippen LogP contribution in [0.5, 0.6) is 5.75 Å². The lowest BCUT2D eigenvalue weighted by Gasteiger charge is -2.06. The van der Waals surface area contributed by atoms with Gasteiger partial charge in [0, 0.05) is 16.0 Å². The summed E-state index contributed by atoms with van der Waals surface area (Å²) in [6, 6.07) is 16.8. The number of nitriles is 1. The second-order valence-corrected chi connectivity index (χ2v) is 6.22. The molecule has 25 heavy (non-hydrogen) atoms. The number of thiazole rings is 1. The largest absolute Gasteiger partial charge is 0.495 e. The Labute approximate surface area is 154 Å². The molecule has 5 nitrogen and oxygen atoms in total. The molecule has 0 aliphatic rings. The highest BCUT2D eigenvalue weighted by Gasteiger charge is 2.11. The monoisotopic (exact) mass is 368 g/mol. The Morgan fingerprint density at radius 2 is 2.00 bits per heavy atom. The summed E-state index contributed by atoms with van der Waals surface area (Å²) in [5.41, 5.74) is 5.45. The minimum Gasteiger partial charge on any atom is -0.495 e. The average Bonchev–Trinajstić information content (AvgIpc) is 3.13. The molecule has 1 aromatic heterocycles. The molecule has 3 rings (SSSR count). The first-order valence-corrected chi connectivity index (χ1v) is 8.55. The first kappa shape index (κ1) is 17.0. The summed E-state index contributed by atoms with van der Waals surface area (Å²) >= 11 is 7.26. The van der Waals surface area contributed by atoms with Crippen molar-refractivity contribution in [3.05, 3.63) is 63.9 Å². The SMILES string of the molecule is COc1ccccc1NN=C(C#N)c1nc(-c2ccc(Cl)cc2)cs1. The highest BCUT2D eigenvalue weighted by molar-refractivity contribution is 7.12. The Hall–Kier alpha value is -2.88. The van der Waals surface area contributed by atoms with Crippen LogP contribution in [0.4, 0.5) is 5.69 Å². The van der Waals surface area contributed by atoms with E-state index < -0.39 is 0 Å². The first-order chi connectivity index (χ1) is 12.2. The third-order valence-corrected chi connectivity index (χ3v) is 4.45. The molecular formula is C18H13ClN4OS. The Morgan fingerprint density at radius 1 is 1.24 bits per heavy atom. The van der Waals surface area contributed by atoms with Crippen LogP contribution in [0.1, 0.15) is 5.01 Å². The van der Waals surface area contributed by atoms with Crippen molar-refractivity contribution in [1.29, 1.82) is 5.26 Å². The van der Waals surface area contributed by atoms with Gasteiger partial charge in [0.25, 0.3) is 0 Å². The van der Waals surface area contributed by atoms with E-state index in [2.05, 4.69) is 21.6 Å². The first-order valence-electron chi connectivity index (χ1n) is 7.30. The van der Waals surface area contributed by atoms with Gasteiger partial charge in [0.2, 0.25) is 0 Å². The average molecular weight is 369 g/mol. The van der Waals surface area contributed by atoms with E-state index in [1.165, 1.54) is 11.3 Å². The van der Waals surface area contributed by atoms with Gasteiger partial charge in [-0.05, 0) is 24.3 Å². The standard InChI is InChI=1S/C18H13ClN4OS/c1-24-17-5-3-2-4-14(17)22-23-15(10-20)18-21-16(11-25-18)12-6-8-13(19)9-7-12/h2-9,11,22H,1H3. The van der Waals surface area contributed by atoms with Gasteiger partial charge in [-0.2, -0.15) is 10.4 Å². The summed E-state index contributed by atoms with van der Waals surface area (Å²) in [4.78, 5) is 4.49. The molecule has 1 heterocycles. The van der Waals surface area contributed by atoms with Crippen LogP contribution < -0.4 is 10.2 Å². The summed E-state index contributed by atoms with van der Waals surface area (Å²) < 4.78 is 5.25. The molecule has 0 aliphatic carbocycles. The second-order valence-electron chi connectivity index (χ2n) is 4.93. The zero-order valence-corrected chi connectivity index (χ0v) is 14.8. The lowest BCUT2D eigenvalue weighted by atomic mass is 10.2. The number of halogens is 1. The molecule has 2 aromatic carbocycles. The van der Waals surface area contributed by atoms with Crippen molar-refractivity contribution < 1.29 is 4.74 Å². The predicted octanol–water partition coefficient (Wildman–Crippen LogP) is 4.81. The van der Waals surface area contributed by atoms with E-state index in [0.717, 1.165) is 11.3 Å². The van der Waals surface area contributed by atoms with Crippen molar-refractivity contribution in [1.82, 2.24) is 4.98 Å². The van der Waals surface area contributed by atoms with Crippen molar-refractivity contribution >= 4 is 34.3 Å². The van der Waals surface area contributed by atoms with E-state index in [1.807, 2.05) is 41.8 Å². The number of aromatic nitrogens is 1. The van der Waals surface area contributed by atoms with Gasteiger partial charge in [0.15, 0.2) is 10.7 Å². The van der Waals surface area contributed by atoms with Crippen molar-refractivity contribution in [2.24, 2.45) is 5.10 Å². The van der Waals surface area contributed by atoms with Gasteiger partial charge >= 0.3 is 0 Å². The smallest absolute Gasteiger partial charge is 0.196 e. The molecule has 0 saturated heterocycles. The maximum absolute atomic E-state index is 9.40. The number of rotatable bonds is 5. The van der Waals surface area contributed by atoms with E-state index >= 15 is 0 Å². The Bertz CT molecular complexity index is 944. The van der Waals surface area contributed by atoms with Gasteiger partial charge in [-0.3, -0.25) is 5.43 Å². The fraction of sp³-hybridized carbons (Fsp3) is 0.0556. The Balaban J connectivity index is 1.84. The van der Waals surface area contributed by atoms with Crippen LogP contribution >= 0.6 is 22.9 Å². The van der Waals surface area contributed by atoms with Crippen molar-refractivity contribution in [3.8, 4) is 23.1 Å². The Kier molecular flexibility index (Phi) is 5.29. The molecule has 0 saturated carbocycles. The van der Waals surface area contributed by atoms with Gasteiger partial charge in [-0.25, -0.2) is 4.98 Å². The van der Waals surface area contributed by atoms with Crippen LogP contribution in [0.15, 0.2) is 59.0 Å². The van der Waals surface area contributed by atoms with E-state index in [-0.39, 0.29) is 5.71 Å². The maximum Gasteiger partial charge on any atom is 0.196 e. The third kappa shape index (κ3) is 3.97. The lowest BCUT2D eigenvalue weighted by Crippen LogP contribution is -2.02. The van der Waals surface area contributed by atoms with Crippen LogP contribution in [0.2, 0.25) is 5.02 Å². The number of nitrogens with one attached hydrogen (secondary N) is 1. The molecule has 0 aliphatic heterocycles. The molecule has 0 fully saturated rings. The van der Waals surface area contributed by atoms with Gasteiger partial charge in [0.1, 0.15) is 11.8 Å². The molecule has 0 radical (unpaired) electrons. The molecule has 0 atom stereocenters. The molecule has 0 bridgehead atoms. The number of hydrogen-bond acceptors (Lipinski definition) is 6. The van der Waals surface area contributed by atoms with Crippen LogP contribution in [0.3, 0.4) is 0 Å². The second kappa shape index (κ2) is 7.79. The zero-order valence-electron chi connectivity index (χ0n) is 13.2. The fourth-order valence-corrected chi connectivity index (χ4v) is 3.00. The van der Waals surface area contributed by atoms with Gasteiger partial charge < -0.3 is 4.74 Å². The highest BCUT2D eigenvalue weighted by atomic mass is 35.5. The van der Waals surface area contributed by atoms with Crippen molar-refractivity contribution in [2.45, 2.75) is 0 Å². The van der Waals surface area contributed by atoms with E-state index in [1.54, 1.807) is 19.2 Å². The Morgan fingerprint density at radius 3 is 2.72 bits per heavy atom. The summed E-state index contributed by atoms with van der Waals surface area (Å²) in [5, 5.41) is 16.6. The van der Waals surface area contributed by atoms with E-state index in [0.29, 0.717) is 21.5 Å². The van der Waals surface area contributed by atoms with Crippen LogP contribution in [-0.2, 0) is 0 Å². The topological polar surface area (TPSA) is 70.3 Å². The van der Waals surface area contributed by atoms with E-state index in [9.17, 15) is 5.26 Å². The van der Waals surface area contributed by atoms with Crippen LogP contribution in [0, 0.1) is 11.3 Å². The molecule has 0 spiro atoms. The van der Waals surface area contributed by atoms with Gasteiger partial charge in [-0.1, -0.05) is 35.9 Å². The number of nitrogens with zero attached hydrogens (tertiary/aromatic N) is 3. The number of hydrogen-bond donors (Lipinski definition) is 1. The molecular weight excluding hydrogens is 356 g/mol. The molecule has 0 unspecified atom stereocenters.